The molecule has 2 aliphatic heterocycles. The first-order chi connectivity index (χ1) is 13.5. The summed E-state index contributed by atoms with van der Waals surface area (Å²) in [6.07, 6.45) is 2.33. The van der Waals surface area contributed by atoms with E-state index in [0.29, 0.717) is 26.2 Å². The van der Waals surface area contributed by atoms with Gasteiger partial charge in [0.15, 0.2) is 5.82 Å². The molecule has 1 aromatic carbocycles. The van der Waals surface area contributed by atoms with Crippen molar-refractivity contribution in [3.05, 3.63) is 47.5 Å². The molecule has 0 bridgehead atoms. The fraction of sp³-hybridized carbons (Fsp3) is 0.524. The van der Waals surface area contributed by atoms with Gasteiger partial charge in [-0.3, -0.25) is 9.59 Å². The maximum absolute atomic E-state index is 13.2. The Morgan fingerprint density at radius 3 is 2.46 bits per heavy atom. The van der Waals surface area contributed by atoms with Crippen molar-refractivity contribution in [3.8, 4) is 0 Å². The van der Waals surface area contributed by atoms with Crippen molar-refractivity contribution < 1.29 is 9.59 Å². The molecule has 1 fully saturated rings. The van der Waals surface area contributed by atoms with Gasteiger partial charge in [0.1, 0.15) is 5.82 Å². The van der Waals surface area contributed by atoms with E-state index in [4.69, 9.17) is 0 Å². The molecular formula is C21H27N5O2. The van der Waals surface area contributed by atoms with E-state index in [9.17, 15) is 9.59 Å². The van der Waals surface area contributed by atoms with E-state index in [1.165, 1.54) is 5.56 Å². The second-order valence-electron chi connectivity index (χ2n) is 7.88. The Balaban J connectivity index is 1.50. The largest absolute Gasteiger partial charge is 0.343 e. The number of nitrogens with zero attached hydrogens (tertiary/aromatic N) is 5. The van der Waals surface area contributed by atoms with E-state index >= 15 is 0 Å². The normalized spacial score (nSPS) is 20.1. The third kappa shape index (κ3) is 3.66. The average Bonchev–Trinajstić information content (AvgIpc) is 3.09. The molecule has 1 saturated heterocycles. The highest BCUT2D eigenvalue weighted by Crippen LogP contribution is 2.28. The number of aryl methyl sites for hydroxylation is 1. The van der Waals surface area contributed by atoms with Gasteiger partial charge in [-0.05, 0) is 31.7 Å². The molecule has 2 aliphatic rings. The van der Waals surface area contributed by atoms with Crippen molar-refractivity contribution in [2.45, 2.75) is 45.7 Å². The summed E-state index contributed by atoms with van der Waals surface area (Å²) in [5, 5.41) is 8.58. The van der Waals surface area contributed by atoms with E-state index in [-0.39, 0.29) is 23.8 Å². The molecule has 0 aliphatic carbocycles. The highest BCUT2D eigenvalue weighted by Gasteiger charge is 2.35. The summed E-state index contributed by atoms with van der Waals surface area (Å²) in [6.45, 7) is 6.09. The summed E-state index contributed by atoms with van der Waals surface area (Å²) in [5.41, 5.74) is 1.25. The number of likely N-dealkylation sites (tertiary alicyclic amines) is 1. The van der Waals surface area contributed by atoms with Crippen molar-refractivity contribution in [3.63, 3.8) is 0 Å². The van der Waals surface area contributed by atoms with Crippen LogP contribution in [0.1, 0.15) is 43.0 Å². The summed E-state index contributed by atoms with van der Waals surface area (Å²) in [4.78, 5) is 28.5. The van der Waals surface area contributed by atoms with Gasteiger partial charge < -0.3 is 14.4 Å². The number of rotatable bonds is 3. The first-order valence-corrected chi connectivity index (χ1v) is 10.0. The molecule has 7 heteroatoms. The van der Waals surface area contributed by atoms with Crippen molar-refractivity contribution >= 4 is 11.8 Å². The number of carbonyl (C=O) groups excluding carboxylic acids is 2. The zero-order chi connectivity index (χ0) is 19.7. The zero-order valence-corrected chi connectivity index (χ0v) is 16.5. The second-order valence-corrected chi connectivity index (χ2v) is 7.88. The van der Waals surface area contributed by atoms with Crippen LogP contribution in [0.2, 0.25) is 0 Å². The predicted molar refractivity (Wildman–Crippen MR) is 104 cm³/mol. The fourth-order valence-electron chi connectivity index (χ4n) is 4.48. The van der Waals surface area contributed by atoms with E-state index in [0.717, 1.165) is 30.9 Å². The predicted octanol–water partition coefficient (Wildman–Crippen LogP) is 1.97. The summed E-state index contributed by atoms with van der Waals surface area (Å²) < 4.78 is 2.19. The Morgan fingerprint density at radius 1 is 1.07 bits per heavy atom. The molecule has 28 heavy (non-hydrogen) atoms. The summed E-state index contributed by atoms with van der Waals surface area (Å²) in [6, 6.07) is 10.5. The molecule has 148 valence electrons. The van der Waals surface area contributed by atoms with Gasteiger partial charge in [0.05, 0.1) is 12.6 Å². The smallest absolute Gasteiger partial charge is 0.226 e. The lowest BCUT2D eigenvalue weighted by Crippen LogP contribution is -2.47. The molecule has 0 unspecified atom stereocenters. The Hall–Kier alpha value is -2.70. The summed E-state index contributed by atoms with van der Waals surface area (Å²) in [5.74, 6) is 2.03. The Morgan fingerprint density at radius 2 is 1.79 bits per heavy atom. The number of amides is 2. The molecule has 0 radical (unpaired) electrons. The van der Waals surface area contributed by atoms with Gasteiger partial charge >= 0.3 is 0 Å². The van der Waals surface area contributed by atoms with Crippen LogP contribution in [0, 0.1) is 12.8 Å². The van der Waals surface area contributed by atoms with Crippen molar-refractivity contribution in [1.82, 2.24) is 24.6 Å². The van der Waals surface area contributed by atoms with Crippen LogP contribution >= 0.6 is 0 Å². The van der Waals surface area contributed by atoms with Gasteiger partial charge in [0.25, 0.3) is 0 Å². The van der Waals surface area contributed by atoms with Gasteiger partial charge in [-0.2, -0.15) is 0 Å². The van der Waals surface area contributed by atoms with E-state index in [2.05, 4.69) is 26.9 Å². The lowest BCUT2D eigenvalue weighted by atomic mass is 9.94. The van der Waals surface area contributed by atoms with Crippen LogP contribution in [0.15, 0.2) is 30.3 Å². The van der Waals surface area contributed by atoms with Crippen LogP contribution in [0.5, 0.6) is 0 Å². The number of carbonyl (C=O) groups is 2. The van der Waals surface area contributed by atoms with Crippen molar-refractivity contribution in [2.75, 3.05) is 19.6 Å². The average molecular weight is 381 g/mol. The van der Waals surface area contributed by atoms with Crippen molar-refractivity contribution in [1.29, 1.82) is 0 Å². The molecule has 0 spiro atoms. The number of fused-ring (bicyclic) bond motifs is 1. The topological polar surface area (TPSA) is 71.3 Å². The number of hydrogen-bond acceptors (Lipinski definition) is 4. The first kappa shape index (κ1) is 18.7. The summed E-state index contributed by atoms with van der Waals surface area (Å²) in [7, 11) is 0. The highest BCUT2D eigenvalue weighted by molar-refractivity contribution is 5.80. The Bertz CT molecular complexity index is 855. The SMILES string of the molecule is CC(=O)N1CCC(C(=O)N2Cc3nnc(C)n3[C@H](Cc3ccccc3)C2)CC1. The Labute approximate surface area is 165 Å². The quantitative estimate of drug-likeness (QED) is 0.815. The molecule has 2 aromatic rings. The standard InChI is InChI=1S/C21H27N5O2/c1-15-22-23-20-14-25(21(28)18-8-10-24(11-9-18)16(2)27)13-19(26(15)20)12-17-6-4-3-5-7-17/h3-7,18-19H,8-14H2,1-2H3/t19-/m1/s1. The van der Waals surface area contributed by atoms with Gasteiger partial charge in [0, 0.05) is 32.5 Å². The third-order valence-corrected chi connectivity index (χ3v) is 5.98. The minimum Gasteiger partial charge on any atom is -0.343 e. The first-order valence-electron chi connectivity index (χ1n) is 10.0. The molecule has 4 rings (SSSR count). The molecule has 0 N–H and O–H groups in total. The van der Waals surface area contributed by atoms with E-state index in [1.807, 2.05) is 34.9 Å². The van der Waals surface area contributed by atoms with E-state index in [1.54, 1.807) is 6.92 Å². The third-order valence-electron chi connectivity index (χ3n) is 5.98. The number of piperidine rings is 1. The number of hydrogen-bond donors (Lipinski definition) is 0. The molecular weight excluding hydrogens is 354 g/mol. The van der Waals surface area contributed by atoms with Crippen LogP contribution in [-0.2, 0) is 22.6 Å². The van der Waals surface area contributed by atoms with Crippen molar-refractivity contribution in [2.24, 2.45) is 5.92 Å². The Kier molecular flexibility index (Phi) is 5.15. The lowest BCUT2D eigenvalue weighted by Gasteiger charge is -2.38. The van der Waals surface area contributed by atoms with Crippen LogP contribution in [0.3, 0.4) is 0 Å². The molecule has 1 aromatic heterocycles. The number of benzene rings is 1. The maximum atomic E-state index is 13.2. The lowest BCUT2D eigenvalue weighted by molar-refractivity contribution is -0.141. The molecule has 1 atom stereocenters. The molecule has 7 nitrogen and oxygen atoms in total. The molecule has 3 heterocycles. The van der Waals surface area contributed by atoms with Crippen LogP contribution < -0.4 is 0 Å². The van der Waals surface area contributed by atoms with Crippen LogP contribution in [0.4, 0.5) is 0 Å². The van der Waals surface area contributed by atoms with Gasteiger partial charge in [-0.1, -0.05) is 30.3 Å². The molecule has 0 saturated carbocycles. The fourth-order valence-corrected chi connectivity index (χ4v) is 4.48. The maximum Gasteiger partial charge on any atom is 0.226 e. The summed E-state index contributed by atoms with van der Waals surface area (Å²) >= 11 is 0. The van der Waals surface area contributed by atoms with Gasteiger partial charge in [-0.15, -0.1) is 10.2 Å². The molecule has 2 amide bonds. The highest BCUT2D eigenvalue weighted by atomic mass is 16.2. The minimum absolute atomic E-state index is 0.0106. The monoisotopic (exact) mass is 381 g/mol. The number of aromatic nitrogens is 3. The van der Waals surface area contributed by atoms with Crippen LogP contribution in [0.25, 0.3) is 0 Å². The van der Waals surface area contributed by atoms with Crippen LogP contribution in [-0.4, -0.2) is 56.0 Å². The minimum atomic E-state index is -0.0106. The second kappa shape index (κ2) is 7.73. The van der Waals surface area contributed by atoms with E-state index < -0.39 is 0 Å². The van der Waals surface area contributed by atoms with Gasteiger partial charge in [-0.25, -0.2) is 0 Å². The zero-order valence-electron chi connectivity index (χ0n) is 16.5. The van der Waals surface area contributed by atoms with Gasteiger partial charge in [0.2, 0.25) is 11.8 Å².